The van der Waals surface area contributed by atoms with Crippen molar-refractivity contribution in [2.75, 3.05) is 19.7 Å². The summed E-state index contributed by atoms with van der Waals surface area (Å²) in [5.41, 5.74) is 3.87. The molecule has 3 nitrogen and oxygen atoms in total. The van der Waals surface area contributed by atoms with Crippen LogP contribution in [0.4, 0.5) is 0 Å². The van der Waals surface area contributed by atoms with Crippen molar-refractivity contribution in [1.82, 2.24) is 9.88 Å². The van der Waals surface area contributed by atoms with Gasteiger partial charge in [0.25, 0.3) is 0 Å². The Hall–Kier alpha value is -0.930. The highest BCUT2D eigenvalue weighted by Crippen LogP contribution is 2.18. The molecule has 0 amide bonds. The van der Waals surface area contributed by atoms with Crippen LogP contribution in [0.2, 0.25) is 0 Å². The van der Waals surface area contributed by atoms with Crippen LogP contribution in [0.1, 0.15) is 29.7 Å². The van der Waals surface area contributed by atoms with Crippen LogP contribution in [0, 0.1) is 0 Å². The third-order valence-electron chi connectivity index (χ3n) is 3.46. The molecule has 0 radical (unpaired) electrons. The molecule has 86 valence electrons. The first-order chi connectivity index (χ1) is 7.92. The minimum Gasteiger partial charge on any atom is -0.376 e. The molecule has 3 heteroatoms. The van der Waals surface area contributed by atoms with E-state index in [1.54, 1.807) is 0 Å². The normalized spacial score (nSPS) is 21.0. The van der Waals surface area contributed by atoms with Crippen LogP contribution in [0.5, 0.6) is 0 Å². The molecule has 1 fully saturated rings. The Balaban J connectivity index is 1.74. The lowest BCUT2D eigenvalue weighted by molar-refractivity contribution is 0.109. The third kappa shape index (κ3) is 2.11. The fraction of sp³-hybridized carbons (Fsp3) is 0.615. The van der Waals surface area contributed by atoms with E-state index in [4.69, 9.17) is 4.74 Å². The first-order valence-corrected chi connectivity index (χ1v) is 6.18. The van der Waals surface area contributed by atoms with Crippen molar-refractivity contribution in [3.63, 3.8) is 0 Å². The van der Waals surface area contributed by atoms with E-state index in [0.717, 1.165) is 26.2 Å². The SMILES string of the molecule is c1nc2c(cc1CN1CCCC1)COCC2. The maximum absolute atomic E-state index is 5.47. The second kappa shape index (κ2) is 4.52. The van der Waals surface area contributed by atoms with Crippen LogP contribution in [0.3, 0.4) is 0 Å². The first-order valence-electron chi connectivity index (χ1n) is 6.18. The number of ether oxygens (including phenoxy) is 1. The molecule has 0 bridgehead atoms. The fourth-order valence-electron chi connectivity index (χ4n) is 2.57. The summed E-state index contributed by atoms with van der Waals surface area (Å²) in [5, 5.41) is 0. The Labute approximate surface area is 96.4 Å². The third-order valence-corrected chi connectivity index (χ3v) is 3.46. The van der Waals surface area contributed by atoms with Crippen molar-refractivity contribution < 1.29 is 4.74 Å². The molecule has 3 heterocycles. The summed E-state index contributed by atoms with van der Waals surface area (Å²) in [7, 11) is 0. The molecule has 0 unspecified atom stereocenters. The highest BCUT2D eigenvalue weighted by molar-refractivity contribution is 5.26. The summed E-state index contributed by atoms with van der Waals surface area (Å²) < 4.78 is 5.47. The number of fused-ring (bicyclic) bond motifs is 1. The molecule has 2 aliphatic heterocycles. The maximum Gasteiger partial charge on any atom is 0.0734 e. The lowest BCUT2D eigenvalue weighted by atomic mass is 10.1. The zero-order valence-electron chi connectivity index (χ0n) is 9.61. The van der Waals surface area contributed by atoms with Crippen LogP contribution < -0.4 is 0 Å². The molecule has 0 aromatic carbocycles. The summed E-state index contributed by atoms with van der Waals surface area (Å²) in [4.78, 5) is 7.06. The average molecular weight is 218 g/mol. The molecule has 1 saturated heterocycles. The Bertz CT molecular complexity index is 372. The number of rotatable bonds is 2. The molecule has 0 N–H and O–H groups in total. The Morgan fingerprint density at radius 3 is 3.06 bits per heavy atom. The van der Waals surface area contributed by atoms with E-state index in [1.807, 2.05) is 6.20 Å². The van der Waals surface area contributed by atoms with Crippen LogP contribution in [0.15, 0.2) is 12.3 Å². The number of nitrogens with zero attached hydrogens (tertiary/aromatic N) is 2. The van der Waals surface area contributed by atoms with Crippen molar-refractivity contribution in [2.24, 2.45) is 0 Å². The maximum atomic E-state index is 5.47. The molecule has 0 atom stereocenters. The quantitative estimate of drug-likeness (QED) is 0.756. The van der Waals surface area contributed by atoms with Gasteiger partial charge in [0.05, 0.1) is 13.2 Å². The second-order valence-corrected chi connectivity index (χ2v) is 4.74. The predicted molar refractivity (Wildman–Crippen MR) is 62.1 cm³/mol. The molecular formula is C13H18N2O. The van der Waals surface area contributed by atoms with Gasteiger partial charge in [-0.3, -0.25) is 9.88 Å². The average Bonchev–Trinajstić information content (AvgIpc) is 2.82. The van der Waals surface area contributed by atoms with Gasteiger partial charge in [-0.2, -0.15) is 0 Å². The second-order valence-electron chi connectivity index (χ2n) is 4.74. The highest BCUT2D eigenvalue weighted by Gasteiger charge is 2.14. The van der Waals surface area contributed by atoms with E-state index in [0.29, 0.717) is 0 Å². The fourth-order valence-corrected chi connectivity index (χ4v) is 2.57. The van der Waals surface area contributed by atoms with Crippen molar-refractivity contribution in [1.29, 1.82) is 0 Å². The van der Waals surface area contributed by atoms with E-state index < -0.39 is 0 Å². The van der Waals surface area contributed by atoms with Gasteiger partial charge in [-0.25, -0.2) is 0 Å². The number of pyridine rings is 1. The molecule has 0 saturated carbocycles. The predicted octanol–water partition coefficient (Wildman–Crippen LogP) is 1.75. The zero-order valence-corrected chi connectivity index (χ0v) is 9.61. The summed E-state index contributed by atoms with van der Waals surface area (Å²) in [6.45, 7) is 5.11. The molecule has 0 aliphatic carbocycles. The first kappa shape index (κ1) is 10.2. The summed E-state index contributed by atoms with van der Waals surface area (Å²) >= 11 is 0. The lowest BCUT2D eigenvalue weighted by Crippen LogP contribution is -2.19. The van der Waals surface area contributed by atoms with Crippen molar-refractivity contribution in [3.8, 4) is 0 Å². The Morgan fingerprint density at radius 1 is 1.31 bits per heavy atom. The summed E-state index contributed by atoms with van der Waals surface area (Å²) in [6, 6.07) is 2.28. The number of likely N-dealkylation sites (tertiary alicyclic amines) is 1. The van der Waals surface area contributed by atoms with Gasteiger partial charge < -0.3 is 4.74 Å². The number of aromatic nitrogens is 1. The largest absolute Gasteiger partial charge is 0.376 e. The smallest absolute Gasteiger partial charge is 0.0734 e. The van der Waals surface area contributed by atoms with E-state index >= 15 is 0 Å². The molecule has 2 aliphatic rings. The van der Waals surface area contributed by atoms with Gasteiger partial charge in [0.2, 0.25) is 0 Å². The number of hydrogen-bond donors (Lipinski definition) is 0. The highest BCUT2D eigenvalue weighted by atomic mass is 16.5. The van der Waals surface area contributed by atoms with Crippen molar-refractivity contribution in [3.05, 3.63) is 29.1 Å². The molecular weight excluding hydrogens is 200 g/mol. The zero-order chi connectivity index (χ0) is 10.8. The van der Waals surface area contributed by atoms with E-state index in [2.05, 4.69) is 16.0 Å². The van der Waals surface area contributed by atoms with E-state index in [9.17, 15) is 0 Å². The van der Waals surface area contributed by atoms with Crippen LogP contribution in [-0.4, -0.2) is 29.6 Å². The van der Waals surface area contributed by atoms with Gasteiger partial charge in [-0.05, 0) is 43.1 Å². The van der Waals surface area contributed by atoms with Gasteiger partial charge >= 0.3 is 0 Å². The molecule has 3 rings (SSSR count). The molecule has 1 aromatic heterocycles. The summed E-state index contributed by atoms with van der Waals surface area (Å²) in [6.07, 6.45) is 5.71. The van der Waals surface area contributed by atoms with Crippen molar-refractivity contribution >= 4 is 0 Å². The molecule has 0 spiro atoms. The standard InChI is InChI=1S/C13H18N2O/c1-2-5-15(4-1)9-11-7-12-10-16-6-3-13(12)14-8-11/h7-8H,1-6,9-10H2. The molecule has 16 heavy (non-hydrogen) atoms. The van der Waals surface area contributed by atoms with E-state index in [-0.39, 0.29) is 0 Å². The van der Waals surface area contributed by atoms with Crippen molar-refractivity contribution in [2.45, 2.75) is 32.4 Å². The van der Waals surface area contributed by atoms with Crippen LogP contribution >= 0.6 is 0 Å². The summed E-state index contributed by atoms with van der Waals surface area (Å²) in [5.74, 6) is 0. The van der Waals surface area contributed by atoms with E-state index in [1.165, 1.54) is 42.8 Å². The van der Waals surface area contributed by atoms with Gasteiger partial charge in [-0.15, -0.1) is 0 Å². The Kier molecular flexibility index (Phi) is 2.89. The van der Waals surface area contributed by atoms with Gasteiger partial charge in [0.15, 0.2) is 0 Å². The van der Waals surface area contributed by atoms with Crippen LogP contribution in [-0.2, 0) is 24.3 Å². The lowest BCUT2D eigenvalue weighted by Gasteiger charge is -2.18. The number of hydrogen-bond acceptors (Lipinski definition) is 3. The van der Waals surface area contributed by atoms with Gasteiger partial charge in [0, 0.05) is 24.9 Å². The molecule has 1 aromatic rings. The minimum atomic E-state index is 0.746. The van der Waals surface area contributed by atoms with Gasteiger partial charge in [0.1, 0.15) is 0 Å². The van der Waals surface area contributed by atoms with Gasteiger partial charge in [-0.1, -0.05) is 0 Å². The topological polar surface area (TPSA) is 25.4 Å². The minimum absolute atomic E-state index is 0.746. The monoisotopic (exact) mass is 218 g/mol. The Morgan fingerprint density at radius 2 is 2.19 bits per heavy atom. The van der Waals surface area contributed by atoms with Crippen LogP contribution in [0.25, 0.3) is 0 Å².